The molecule has 0 unspecified atom stereocenters. The first kappa shape index (κ1) is 15.0. The number of hydrogen-bond donors (Lipinski definition) is 1. The van der Waals surface area contributed by atoms with Gasteiger partial charge in [0.2, 0.25) is 0 Å². The summed E-state index contributed by atoms with van der Waals surface area (Å²) in [6.45, 7) is 3.78. The zero-order valence-electron chi connectivity index (χ0n) is 12.8. The number of fused-ring (bicyclic) bond motifs is 1. The van der Waals surface area contributed by atoms with Crippen molar-refractivity contribution in [2.45, 2.75) is 26.4 Å². The molecule has 6 heteroatoms. The van der Waals surface area contributed by atoms with E-state index in [9.17, 15) is 14.4 Å². The lowest BCUT2D eigenvalue weighted by Gasteiger charge is -2.11. The quantitative estimate of drug-likeness (QED) is 0.878. The minimum Gasteiger partial charge on any atom is -0.467 e. The van der Waals surface area contributed by atoms with Crippen LogP contribution in [0.25, 0.3) is 0 Å². The van der Waals surface area contributed by atoms with Crippen LogP contribution in [-0.2, 0) is 6.54 Å². The topological polar surface area (TPSA) is 79.6 Å². The number of nitrogens with zero attached hydrogens (tertiary/aromatic N) is 1. The van der Waals surface area contributed by atoms with Gasteiger partial charge in [0.05, 0.1) is 23.9 Å². The highest BCUT2D eigenvalue weighted by Gasteiger charge is 2.36. The predicted molar refractivity (Wildman–Crippen MR) is 82.0 cm³/mol. The van der Waals surface area contributed by atoms with Gasteiger partial charge in [-0.25, -0.2) is 0 Å². The number of hydrogen-bond acceptors (Lipinski definition) is 4. The number of carbonyl (C=O) groups is 3. The fraction of sp³-hybridized carbons (Fsp3) is 0.235. The molecule has 2 heterocycles. The van der Waals surface area contributed by atoms with Crippen LogP contribution in [0, 0.1) is 0 Å². The molecule has 0 bridgehead atoms. The second-order valence-electron chi connectivity index (χ2n) is 5.66. The number of amides is 3. The van der Waals surface area contributed by atoms with Crippen LogP contribution < -0.4 is 5.32 Å². The molecular weight excluding hydrogens is 296 g/mol. The van der Waals surface area contributed by atoms with Gasteiger partial charge in [0.15, 0.2) is 0 Å². The third kappa shape index (κ3) is 2.75. The van der Waals surface area contributed by atoms with E-state index in [0.29, 0.717) is 16.9 Å². The van der Waals surface area contributed by atoms with Gasteiger partial charge in [0, 0.05) is 11.6 Å². The molecule has 0 aliphatic carbocycles. The monoisotopic (exact) mass is 312 g/mol. The summed E-state index contributed by atoms with van der Waals surface area (Å²) in [4.78, 5) is 38.0. The van der Waals surface area contributed by atoms with Crippen LogP contribution in [0.2, 0.25) is 0 Å². The molecule has 3 rings (SSSR count). The van der Waals surface area contributed by atoms with Crippen molar-refractivity contribution in [2.75, 3.05) is 0 Å². The third-order valence-corrected chi connectivity index (χ3v) is 3.55. The Morgan fingerprint density at radius 3 is 2.57 bits per heavy atom. The lowest BCUT2D eigenvalue weighted by molar-refractivity contribution is 0.0631. The van der Waals surface area contributed by atoms with Gasteiger partial charge in [-0.05, 0) is 44.2 Å². The SMILES string of the molecule is CC(C)NC(=O)c1ccc2c(c1)C(=O)N(Cc1ccco1)C2=O. The van der Waals surface area contributed by atoms with Crippen LogP contribution in [0.15, 0.2) is 41.0 Å². The molecule has 1 N–H and O–H groups in total. The smallest absolute Gasteiger partial charge is 0.261 e. The van der Waals surface area contributed by atoms with E-state index >= 15 is 0 Å². The summed E-state index contributed by atoms with van der Waals surface area (Å²) in [6, 6.07) is 7.93. The first-order valence-electron chi connectivity index (χ1n) is 7.31. The van der Waals surface area contributed by atoms with E-state index in [4.69, 9.17) is 4.42 Å². The maximum atomic E-state index is 12.5. The second kappa shape index (κ2) is 5.72. The minimum absolute atomic E-state index is 0.0106. The maximum absolute atomic E-state index is 12.5. The molecule has 0 radical (unpaired) electrons. The second-order valence-corrected chi connectivity index (χ2v) is 5.66. The van der Waals surface area contributed by atoms with Crippen LogP contribution in [0.5, 0.6) is 0 Å². The Hall–Kier alpha value is -2.89. The lowest BCUT2D eigenvalue weighted by Crippen LogP contribution is -2.30. The van der Waals surface area contributed by atoms with Crippen molar-refractivity contribution < 1.29 is 18.8 Å². The average molecular weight is 312 g/mol. The highest BCUT2D eigenvalue weighted by Crippen LogP contribution is 2.25. The van der Waals surface area contributed by atoms with Gasteiger partial charge >= 0.3 is 0 Å². The Labute approximate surface area is 133 Å². The maximum Gasteiger partial charge on any atom is 0.261 e. The summed E-state index contributed by atoms with van der Waals surface area (Å²) in [7, 11) is 0. The zero-order chi connectivity index (χ0) is 16.6. The summed E-state index contributed by atoms with van der Waals surface area (Å²) < 4.78 is 5.19. The predicted octanol–water partition coefficient (Wildman–Crippen LogP) is 2.21. The van der Waals surface area contributed by atoms with Crippen molar-refractivity contribution in [2.24, 2.45) is 0 Å². The standard InChI is InChI=1S/C17H16N2O4/c1-10(2)18-15(20)11-5-6-13-14(8-11)17(22)19(16(13)21)9-12-4-3-7-23-12/h3-8,10H,9H2,1-2H3,(H,18,20). The van der Waals surface area contributed by atoms with Crippen LogP contribution in [0.1, 0.15) is 50.7 Å². The van der Waals surface area contributed by atoms with Gasteiger partial charge in [-0.3, -0.25) is 19.3 Å². The van der Waals surface area contributed by atoms with Gasteiger partial charge in [0.1, 0.15) is 5.76 Å². The fourth-order valence-electron chi connectivity index (χ4n) is 2.48. The van der Waals surface area contributed by atoms with Gasteiger partial charge in [-0.1, -0.05) is 0 Å². The lowest BCUT2D eigenvalue weighted by atomic mass is 10.1. The van der Waals surface area contributed by atoms with E-state index in [1.165, 1.54) is 18.4 Å². The van der Waals surface area contributed by atoms with Crippen molar-refractivity contribution in [1.29, 1.82) is 0 Å². The largest absolute Gasteiger partial charge is 0.467 e. The number of rotatable bonds is 4. The van der Waals surface area contributed by atoms with Gasteiger partial charge in [0.25, 0.3) is 17.7 Å². The number of furan rings is 1. The Morgan fingerprint density at radius 1 is 1.17 bits per heavy atom. The highest BCUT2D eigenvalue weighted by atomic mass is 16.3. The van der Waals surface area contributed by atoms with Gasteiger partial charge in [-0.2, -0.15) is 0 Å². The molecule has 1 aromatic heterocycles. The Balaban J connectivity index is 1.88. The van der Waals surface area contributed by atoms with Crippen LogP contribution in [-0.4, -0.2) is 28.7 Å². The molecule has 1 aromatic carbocycles. The molecule has 23 heavy (non-hydrogen) atoms. The molecule has 0 saturated heterocycles. The molecule has 0 saturated carbocycles. The molecule has 1 aliphatic rings. The van der Waals surface area contributed by atoms with E-state index in [2.05, 4.69) is 5.32 Å². The molecule has 3 amide bonds. The first-order valence-corrected chi connectivity index (χ1v) is 7.31. The van der Waals surface area contributed by atoms with Crippen molar-refractivity contribution in [3.63, 3.8) is 0 Å². The Kier molecular flexibility index (Phi) is 3.73. The van der Waals surface area contributed by atoms with E-state index in [1.807, 2.05) is 13.8 Å². The van der Waals surface area contributed by atoms with E-state index in [-0.39, 0.29) is 30.0 Å². The van der Waals surface area contributed by atoms with Gasteiger partial charge < -0.3 is 9.73 Å². The Morgan fingerprint density at radius 2 is 1.91 bits per heavy atom. The number of benzene rings is 1. The summed E-state index contributed by atoms with van der Waals surface area (Å²) in [5.41, 5.74) is 0.916. The molecular formula is C17H16N2O4. The summed E-state index contributed by atoms with van der Waals surface area (Å²) >= 11 is 0. The Bertz CT molecular complexity index is 778. The van der Waals surface area contributed by atoms with E-state index in [0.717, 1.165) is 4.90 Å². The molecule has 6 nitrogen and oxygen atoms in total. The molecule has 0 fully saturated rings. The fourth-order valence-corrected chi connectivity index (χ4v) is 2.48. The van der Waals surface area contributed by atoms with Gasteiger partial charge in [-0.15, -0.1) is 0 Å². The summed E-state index contributed by atoms with van der Waals surface area (Å²) in [5.74, 6) is -0.539. The third-order valence-electron chi connectivity index (χ3n) is 3.55. The van der Waals surface area contributed by atoms with Crippen LogP contribution in [0.3, 0.4) is 0 Å². The minimum atomic E-state index is -0.416. The highest BCUT2D eigenvalue weighted by molar-refractivity contribution is 6.21. The number of carbonyl (C=O) groups excluding carboxylic acids is 3. The van der Waals surface area contributed by atoms with Crippen molar-refractivity contribution in [3.05, 3.63) is 59.0 Å². The van der Waals surface area contributed by atoms with Crippen LogP contribution >= 0.6 is 0 Å². The summed E-state index contributed by atoms with van der Waals surface area (Å²) in [5, 5.41) is 2.76. The molecule has 0 spiro atoms. The average Bonchev–Trinajstić information content (AvgIpc) is 3.10. The molecule has 2 aromatic rings. The zero-order valence-corrected chi connectivity index (χ0v) is 12.8. The first-order chi connectivity index (χ1) is 11.0. The molecule has 118 valence electrons. The summed E-state index contributed by atoms with van der Waals surface area (Å²) in [6.07, 6.45) is 1.49. The number of imide groups is 1. The van der Waals surface area contributed by atoms with Crippen molar-refractivity contribution in [1.82, 2.24) is 10.2 Å². The van der Waals surface area contributed by atoms with E-state index < -0.39 is 5.91 Å². The number of nitrogens with one attached hydrogen (secondary N) is 1. The van der Waals surface area contributed by atoms with Crippen molar-refractivity contribution >= 4 is 17.7 Å². The van der Waals surface area contributed by atoms with E-state index in [1.54, 1.807) is 18.2 Å². The van der Waals surface area contributed by atoms with Crippen molar-refractivity contribution in [3.8, 4) is 0 Å². The normalized spacial score (nSPS) is 13.6. The molecule has 1 aliphatic heterocycles. The molecule has 0 atom stereocenters. The van der Waals surface area contributed by atoms with Crippen LogP contribution in [0.4, 0.5) is 0 Å².